The molecule has 19 heavy (non-hydrogen) atoms. The van der Waals surface area contributed by atoms with Gasteiger partial charge in [-0.3, -0.25) is 0 Å². The van der Waals surface area contributed by atoms with Crippen molar-refractivity contribution in [3.8, 4) is 0 Å². The molecule has 2 aliphatic rings. The summed E-state index contributed by atoms with van der Waals surface area (Å²) >= 11 is 0. The second-order valence-corrected chi connectivity index (χ2v) is 6.26. The molecule has 1 aliphatic carbocycles. The minimum Gasteiger partial charge on any atom is -0.368 e. The number of hydrogen-bond donors (Lipinski definition) is 1. The minimum absolute atomic E-state index is 0.0728. The second-order valence-electron chi connectivity index (χ2n) is 6.26. The van der Waals surface area contributed by atoms with Crippen LogP contribution in [0.2, 0.25) is 0 Å². The van der Waals surface area contributed by atoms with Gasteiger partial charge in [-0.25, -0.2) is 4.39 Å². The molecule has 1 aliphatic heterocycles. The van der Waals surface area contributed by atoms with E-state index >= 15 is 0 Å². The fourth-order valence-electron chi connectivity index (χ4n) is 2.91. The molecule has 1 heterocycles. The number of nitrogens with one attached hydrogen (secondary N) is 1. The molecule has 0 radical (unpaired) electrons. The van der Waals surface area contributed by atoms with Crippen molar-refractivity contribution in [2.24, 2.45) is 11.8 Å². The monoisotopic (exact) mass is 262 g/mol. The molecule has 1 aromatic carbocycles. The number of halogens is 1. The van der Waals surface area contributed by atoms with Gasteiger partial charge in [0.15, 0.2) is 0 Å². The first kappa shape index (κ1) is 12.9. The fraction of sp³-hybridized carbons (Fsp3) is 0.625. The second kappa shape index (κ2) is 5.12. The summed E-state index contributed by atoms with van der Waals surface area (Å²) in [5.41, 5.74) is 1.93. The van der Waals surface area contributed by atoms with E-state index in [0.29, 0.717) is 17.9 Å². The molecule has 1 saturated carbocycles. The van der Waals surface area contributed by atoms with Crippen LogP contribution in [0.3, 0.4) is 0 Å². The van der Waals surface area contributed by atoms with Gasteiger partial charge >= 0.3 is 0 Å². The number of hydrogen-bond acceptors (Lipinski definition) is 2. The van der Waals surface area contributed by atoms with Gasteiger partial charge in [0.25, 0.3) is 0 Å². The molecule has 0 bridgehead atoms. The molecule has 2 unspecified atom stereocenters. The van der Waals surface area contributed by atoms with Crippen LogP contribution in [0.25, 0.3) is 0 Å². The topological polar surface area (TPSA) is 15.3 Å². The zero-order valence-electron chi connectivity index (χ0n) is 11.8. The summed E-state index contributed by atoms with van der Waals surface area (Å²) in [6.07, 6.45) is 2.53. The number of nitrogens with zero attached hydrogens (tertiary/aromatic N) is 1. The number of benzene rings is 1. The Hall–Kier alpha value is -1.09. The molecule has 0 aromatic heterocycles. The smallest absolute Gasteiger partial charge is 0.146 e. The van der Waals surface area contributed by atoms with Crippen molar-refractivity contribution < 1.29 is 4.39 Å². The third kappa shape index (κ3) is 2.76. The highest BCUT2D eigenvalue weighted by Gasteiger charge is 2.29. The Morgan fingerprint density at radius 3 is 2.53 bits per heavy atom. The van der Waals surface area contributed by atoms with E-state index < -0.39 is 0 Å². The Morgan fingerprint density at radius 2 is 1.89 bits per heavy atom. The molecular weight excluding hydrogens is 239 g/mol. The van der Waals surface area contributed by atoms with Gasteiger partial charge < -0.3 is 10.2 Å². The summed E-state index contributed by atoms with van der Waals surface area (Å²) in [5, 5.41) is 3.49. The van der Waals surface area contributed by atoms with Crippen molar-refractivity contribution >= 4 is 5.69 Å². The zero-order valence-corrected chi connectivity index (χ0v) is 11.8. The third-order valence-corrected chi connectivity index (χ3v) is 4.53. The predicted molar refractivity (Wildman–Crippen MR) is 76.8 cm³/mol. The van der Waals surface area contributed by atoms with Crippen LogP contribution in [0.5, 0.6) is 0 Å². The number of anilines is 1. The SMILES string of the molecule is CC1CN(c2c(F)cccc2CNC2CC2)CC1C. The van der Waals surface area contributed by atoms with E-state index in [2.05, 4.69) is 30.1 Å². The standard InChI is InChI=1S/C16H23FN2/c1-11-9-19(10-12(11)2)16-13(4-3-5-15(16)17)8-18-14-6-7-14/h3-5,11-12,14,18H,6-10H2,1-2H3. The molecule has 1 aromatic rings. The van der Waals surface area contributed by atoms with Crippen LogP contribution < -0.4 is 10.2 Å². The number of para-hydroxylation sites is 1. The van der Waals surface area contributed by atoms with Crippen LogP contribution in [-0.2, 0) is 6.54 Å². The van der Waals surface area contributed by atoms with Crippen molar-refractivity contribution in [3.63, 3.8) is 0 Å². The van der Waals surface area contributed by atoms with Crippen LogP contribution in [0, 0.1) is 17.7 Å². The van der Waals surface area contributed by atoms with Gasteiger partial charge in [-0.15, -0.1) is 0 Å². The van der Waals surface area contributed by atoms with Crippen molar-refractivity contribution in [1.29, 1.82) is 0 Å². The third-order valence-electron chi connectivity index (χ3n) is 4.53. The average molecular weight is 262 g/mol. The lowest BCUT2D eigenvalue weighted by Crippen LogP contribution is -2.24. The van der Waals surface area contributed by atoms with Crippen molar-refractivity contribution in [3.05, 3.63) is 29.6 Å². The van der Waals surface area contributed by atoms with E-state index in [1.165, 1.54) is 12.8 Å². The van der Waals surface area contributed by atoms with Crippen LogP contribution in [0.1, 0.15) is 32.3 Å². The Kier molecular flexibility index (Phi) is 3.48. The Morgan fingerprint density at radius 1 is 1.21 bits per heavy atom. The molecule has 2 atom stereocenters. The molecule has 0 amide bonds. The largest absolute Gasteiger partial charge is 0.368 e. The van der Waals surface area contributed by atoms with Gasteiger partial charge in [0, 0.05) is 25.7 Å². The van der Waals surface area contributed by atoms with Crippen molar-refractivity contribution in [2.45, 2.75) is 39.3 Å². The zero-order chi connectivity index (χ0) is 13.4. The summed E-state index contributed by atoms with van der Waals surface area (Å²) < 4.78 is 14.2. The van der Waals surface area contributed by atoms with Crippen molar-refractivity contribution in [1.82, 2.24) is 5.32 Å². The highest BCUT2D eigenvalue weighted by atomic mass is 19.1. The molecule has 104 valence electrons. The van der Waals surface area contributed by atoms with E-state index in [1.807, 2.05) is 6.07 Å². The van der Waals surface area contributed by atoms with Gasteiger partial charge in [-0.05, 0) is 36.3 Å². The normalized spacial score (nSPS) is 27.0. The fourth-order valence-corrected chi connectivity index (χ4v) is 2.91. The lowest BCUT2D eigenvalue weighted by atomic mass is 10.0. The van der Waals surface area contributed by atoms with E-state index in [4.69, 9.17) is 0 Å². The molecule has 3 rings (SSSR count). The molecule has 1 N–H and O–H groups in total. The summed E-state index contributed by atoms with van der Waals surface area (Å²) in [5.74, 6) is 1.21. The minimum atomic E-state index is -0.0728. The van der Waals surface area contributed by atoms with Gasteiger partial charge in [0.1, 0.15) is 5.82 Å². The van der Waals surface area contributed by atoms with E-state index in [0.717, 1.165) is 30.9 Å². The van der Waals surface area contributed by atoms with Crippen LogP contribution in [0.15, 0.2) is 18.2 Å². The first-order valence-electron chi connectivity index (χ1n) is 7.41. The van der Waals surface area contributed by atoms with E-state index in [9.17, 15) is 4.39 Å². The van der Waals surface area contributed by atoms with Crippen LogP contribution in [0.4, 0.5) is 10.1 Å². The van der Waals surface area contributed by atoms with Crippen molar-refractivity contribution in [2.75, 3.05) is 18.0 Å². The van der Waals surface area contributed by atoms with Gasteiger partial charge in [0.05, 0.1) is 5.69 Å². The Balaban J connectivity index is 1.81. The van der Waals surface area contributed by atoms with Crippen LogP contribution in [-0.4, -0.2) is 19.1 Å². The van der Waals surface area contributed by atoms with Gasteiger partial charge in [-0.1, -0.05) is 26.0 Å². The lowest BCUT2D eigenvalue weighted by molar-refractivity contribution is 0.494. The maximum Gasteiger partial charge on any atom is 0.146 e. The van der Waals surface area contributed by atoms with Crippen LogP contribution >= 0.6 is 0 Å². The molecular formula is C16H23FN2. The molecule has 2 nitrogen and oxygen atoms in total. The first-order valence-corrected chi connectivity index (χ1v) is 7.41. The summed E-state index contributed by atoms with van der Waals surface area (Å²) in [7, 11) is 0. The lowest BCUT2D eigenvalue weighted by Gasteiger charge is -2.23. The molecule has 1 saturated heterocycles. The Labute approximate surface area is 115 Å². The molecule has 0 spiro atoms. The Bertz CT molecular complexity index is 446. The van der Waals surface area contributed by atoms with Gasteiger partial charge in [0.2, 0.25) is 0 Å². The molecule has 2 fully saturated rings. The summed E-state index contributed by atoms with van der Waals surface area (Å²) in [4.78, 5) is 2.23. The maximum absolute atomic E-state index is 14.2. The van der Waals surface area contributed by atoms with E-state index in [-0.39, 0.29) is 5.82 Å². The highest BCUT2D eigenvalue weighted by Crippen LogP contribution is 2.32. The quantitative estimate of drug-likeness (QED) is 0.896. The summed E-state index contributed by atoms with van der Waals surface area (Å²) in [6, 6.07) is 6.13. The number of rotatable bonds is 4. The summed E-state index contributed by atoms with van der Waals surface area (Å²) in [6.45, 7) is 7.25. The van der Waals surface area contributed by atoms with Gasteiger partial charge in [-0.2, -0.15) is 0 Å². The molecule has 3 heteroatoms. The van der Waals surface area contributed by atoms with E-state index in [1.54, 1.807) is 6.07 Å². The first-order chi connectivity index (χ1) is 9.15. The highest BCUT2D eigenvalue weighted by molar-refractivity contribution is 5.55. The average Bonchev–Trinajstić information content (AvgIpc) is 3.14. The maximum atomic E-state index is 14.2. The predicted octanol–water partition coefficient (Wildman–Crippen LogP) is 3.17.